The monoisotopic (exact) mass is 378 g/mol. The third-order valence-electron chi connectivity index (χ3n) is 7.12. The molecule has 2 bridgehead atoms. The molecule has 4 rings (SSSR count). The standard InChI is InChI=1S/C21H38N4O2/c1-20(2)15-25(11-12-26-20)21(9-5-4-6-10-21)14-23-19(22-3)24-17-13-16-7-8-18(17)27-16/h16-18H,4-15H2,1-3H3,(H2,22,23,24). The summed E-state index contributed by atoms with van der Waals surface area (Å²) in [5.41, 5.74) is 0.172. The van der Waals surface area contributed by atoms with Crippen LogP contribution < -0.4 is 10.6 Å². The number of nitrogens with zero attached hydrogens (tertiary/aromatic N) is 2. The van der Waals surface area contributed by atoms with Crippen LogP contribution in [0.3, 0.4) is 0 Å². The molecule has 1 aliphatic carbocycles. The lowest BCUT2D eigenvalue weighted by molar-refractivity contribution is -0.122. The molecule has 154 valence electrons. The van der Waals surface area contributed by atoms with Crippen molar-refractivity contribution in [2.75, 3.05) is 33.3 Å². The molecular weight excluding hydrogens is 340 g/mol. The van der Waals surface area contributed by atoms with Gasteiger partial charge in [-0.15, -0.1) is 0 Å². The normalized spacial score (nSPS) is 36.0. The molecule has 0 radical (unpaired) electrons. The summed E-state index contributed by atoms with van der Waals surface area (Å²) in [5, 5.41) is 7.34. The Balaban J connectivity index is 1.39. The minimum absolute atomic E-state index is 0.0525. The second-order valence-electron chi connectivity index (χ2n) is 9.60. The number of ether oxygens (including phenoxy) is 2. The van der Waals surface area contributed by atoms with Crippen LogP contribution in [0.25, 0.3) is 0 Å². The van der Waals surface area contributed by atoms with Crippen LogP contribution in [-0.2, 0) is 9.47 Å². The molecule has 0 aromatic rings. The second-order valence-corrected chi connectivity index (χ2v) is 9.60. The summed E-state index contributed by atoms with van der Waals surface area (Å²) in [5.74, 6) is 0.939. The van der Waals surface area contributed by atoms with E-state index >= 15 is 0 Å². The fourth-order valence-electron chi connectivity index (χ4n) is 5.64. The van der Waals surface area contributed by atoms with Crippen molar-refractivity contribution in [2.45, 2.75) is 94.6 Å². The third kappa shape index (κ3) is 4.28. The summed E-state index contributed by atoms with van der Waals surface area (Å²) < 4.78 is 12.0. The van der Waals surface area contributed by atoms with E-state index in [2.05, 4.69) is 34.4 Å². The lowest BCUT2D eigenvalue weighted by Gasteiger charge is -2.51. The van der Waals surface area contributed by atoms with E-state index in [0.29, 0.717) is 18.2 Å². The van der Waals surface area contributed by atoms with Crippen LogP contribution in [0.15, 0.2) is 4.99 Å². The molecule has 0 amide bonds. The van der Waals surface area contributed by atoms with Gasteiger partial charge < -0.3 is 20.1 Å². The number of guanidine groups is 1. The molecule has 0 aromatic carbocycles. The van der Waals surface area contributed by atoms with E-state index in [9.17, 15) is 0 Å². The van der Waals surface area contributed by atoms with Gasteiger partial charge in [-0.25, -0.2) is 0 Å². The predicted molar refractivity (Wildman–Crippen MR) is 108 cm³/mol. The average molecular weight is 379 g/mol. The molecular formula is C21H38N4O2. The Morgan fingerprint density at radius 2 is 2.00 bits per heavy atom. The van der Waals surface area contributed by atoms with Crippen molar-refractivity contribution in [3.8, 4) is 0 Å². The van der Waals surface area contributed by atoms with E-state index in [0.717, 1.165) is 38.6 Å². The van der Waals surface area contributed by atoms with E-state index in [1.165, 1.54) is 44.9 Å². The minimum atomic E-state index is -0.0525. The lowest BCUT2D eigenvalue weighted by atomic mass is 9.79. The largest absolute Gasteiger partial charge is 0.373 e. The van der Waals surface area contributed by atoms with Crippen LogP contribution in [0.1, 0.15) is 65.2 Å². The van der Waals surface area contributed by atoms with Crippen LogP contribution in [-0.4, -0.2) is 73.5 Å². The minimum Gasteiger partial charge on any atom is -0.373 e. The molecule has 3 saturated heterocycles. The Kier molecular flexibility index (Phi) is 5.68. The highest BCUT2D eigenvalue weighted by atomic mass is 16.5. The van der Waals surface area contributed by atoms with Gasteiger partial charge >= 0.3 is 0 Å². The summed E-state index contributed by atoms with van der Waals surface area (Å²) in [4.78, 5) is 7.22. The Hall–Kier alpha value is -0.850. The van der Waals surface area contributed by atoms with Crippen molar-refractivity contribution in [1.29, 1.82) is 0 Å². The van der Waals surface area contributed by atoms with Gasteiger partial charge in [0, 0.05) is 32.2 Å². The summed E-state index contributed by atoms with van der Waals surface area (Å²) in [6.07, 6.45) is 10.9. The molecule has 1 saturated carbocycles. The van der Waals surface area contributed by atoms with Crippen molar-refractivity contribution in [3.63, 3.8) is 0 Å². The van der Waals surface area contributed by atoms with Crippen LogP contribution in [0, 0.1) is 0 Å². The maximum absolute atomic E-state index is 6.00. The summed E-state index contributed by atoms with van der Waals surface area (Å²) in [6.45, 7) is 8.30. The molecule has 27 heavy (non-hydrogen) atoms. The molecule has 2 N–H and O–H groups in total. The number of aliphatic imine (C=N–C) groups is 1. The second kappa shape index (κ2) is 7.88. The van der Waals surface area contributed by atoms with Gasteiger partial charge in [0.25, 0.3) is 0 Å². The number of nitrogens with one attached hydrogen (secondary N) is 2. The molecule has 6 nitrogen and oxygen atoms in total. The Morgan fingerprint density at radius 3 is 2.63 bits per heavy atom. The van der Waals surface area contributed by atoms with Gasteiger partial charge in [0.2, 0.25) is 0 Å². The number of rotatable bonds is 4. The Labute approximate surface area is 164 Å². The van der Waals surface area contributed by atoms with E-state index in [-0.39, 0.29) is 11.1 Å². The molecule has 6 heteroatoms. The van der Waals surface area contributed by atoms with Gasteiger partial charge in [-0.3, -0.25) is 9.89 Å². The maximum Gasteiger partial charge on any atom is 0.191 e. The fourth-order valence-corrected chi connectivity index (χ4v) is 5.64. The zero-order valence-electron chi connectivity index (χ0n) is 17.4. The van der Waals surface area contributed by atoms with Crippen LogP contribution in [0.5, 0.6) is 0 Å². The summed E-state index contributed by atoms with van der Waals surface area (Å²) in [6, 6.07) is 0.416. The first-order chi connectivity index (χ1) is 13.0. The molecule has 3 unspecified atom stereocenters. The van der Waals surface area contributed by atoms with Crippen molar-refractivity contribution in [3.05, 3.63) is 0 Å². The number of morpholine rings is 1. The van der Waals surface area contributed by atoms with Crippen LogP contribution >= 0.6 is 0 Å². The highest BCUT2D eigenvalue weighted by Crippen LogP contribution is 2.36. The van der Waals surface area contributed by atoms with Crippen LogP contribution in [0.4, 0.5) is 0 Å². The van der Waals surface area contributed by atoms with Gasteiger partial charge in [-0.1, -0.05) is 19.3 Å². The highest BCUT2D eigenvalue weighted by molar-refractivity contribution is 5.80. The number of hydrogen-bond acceptors (Lipinski definition) is 4. The molecule has 4 aliphatic rings. The quantitative estimate of drug-likeness (QED) is 0.581. The Bertz CT molecular complexity index is 544. The molecule has 0 spiro atoms. The fraction of sp³-hybridized carbons (Fsp3) is 0.952. The van der Waals surface area contributed by atoms with E-state index in [4.69, 9.17) is 9.47 Å². The van der Waals surface area contributed by atoms with Crippen LogP contribution in [0.2, 0.25) is 0 Å². The van der Waals surface area contributed by atoms with Gasteiger partial charge in [0.15, 0.2) is 5.96 Å². The third-order valence-corrected chi connectivity index (χ3v) is 7.12. The van der Waals surface area contributed by atoms with E-state index in [1.807, 2.05) is 7.05 Å². The van der Waals surface area contributed by atoms with Gasteiger partial charge in [0.1, 0.15) is 0 Å². The Morgan fingerprint density at radius 1 is 1.19 bits per heavy atom. The van der Waals surface area contributed by atoms with Crippen molar-refractivity contribution in [1.82, 2.24) is 15.5 Å². The topological polar surface area (TPSA) is 58.1 Å². The summed E-state index contributed by atoms with van der Waals surface area (Å²) in [7, 11) is 1.88. The smallest absolute Gasteiger partial charge is 0.191 e. The van der Waals surface area contributed by atoms with E-state index < -0.39 is 0 Å². The first-order valence-electron chi connectivity index (χ1n) is 11.0. The first-order valence-corrected chi connectivity index (χ1v) is 11.0. The lowest BCUT2D eigenvalue weighted by Crippen LogP contribution is -2.64. The van der Waals surface area contributed by atoms with Crippen molar-refractivity contribution in [2.24, 2.45) is 4.99 Å². The van der Waals surface area contributed by atoms with Gasteiger partial charge in [-0.05, 0) is 46.0 Å². The first kappa shape index (κ1) is 19.5. The molecule has 0 aromatic heterocycles. The molecule has 3 atom stereocenters. The van der Waals surface area contributed by atoms with Gasteiger partial charge in [0.05, 0.1) is 30.5 Å². The van der Waals surface area contributed by atoms with Gasteiger partial charge in [-0.2, -0.15) is 0 Å². The predicted octanol–water partition coefficient (Wildman–Crippen LogP) is 2.29. The highest BCUT2D eigenvalue weighted by Gasteiger charge is 2.43. The van der Waals surface area contributed by atoms with Crippen molar-refractivity contribution >= 4 is 5.96 Å². The molecule has 3 heterocycles. The average Bonchev–Trinajstić information content (AvgIpc) is 3.28. The van der Waals surface area contributed by atoms with Crippen molar-refractivity contribution < 1.29 is 9.47 Å². The maximum atomic E-state index is 6.00. The molecule has 4 fully saturated rings. The zero-order chi connectivity index (χ0) is 18.9. The summed E-state index contributed by atoms with van der Waals surface area (Å²) >= 11 is 0. The number of fused-ring (bicyclic) bond motifs is 2. The zero-order valence-corrected chi connectivity index (χ0v) is 17.4. The number of hydrogen-bond donors (Lipinski definition) is 2. The molecule has 3 aliphatic heterocycles. The van der Waals surface area contributed by atoms with E-state index in [1.54, 1.807) is 0 Å². The SMILES string of the molecule is CN=C(NCC1(N2CCOC(C)(C)C2)CCCCC1)NC1CC2CCC1O2.